The second-order valence-corrected chi connectivity index (χ2v) is 1.88. The van der Waals surface area contributed by atoms with Crippen molar-refractivity contribution in [3.8, 4) is 0 Å². The fourth-order valence-corrected chi connectivity index (χ4v) is 0.712. The third-order valence-corrected chi connectivity index (χ3v) is 1.18. The van der Waals surface area contributed by atoms with E-state index in [2.05, 4.69) is 15.6 Å². The molecule has 1 amide bonds. The minimum absolute atomic E-state index is 0.174. The van der Waals surface area contributed by atoms with Gasteiger partial charge in [0.1, 0.15) is 0 Å². The Kier molecular flexibility index (Phi) is 2.06. The number of nitrogens with zero attached hydrogens (tertiary/aromatic N) is 1. The van der Waals surface area contributed by atoms with Crippen LogP contribution in [0.1, 0.15) is 0 Å². The first-order valence-corrected chi connectivity index (χ1v) is 2.85. The molecule has 1 rings (SSSR count). The molecule has 1 unspecified atom stereocenters. The van der Waals surface area contributed by atoms with Gasteiger partial charge in [0.25, 0.3) is 0 Å². The van der Waals surface area contributed by atoms with Gasteiger partial charge in [-0.1, -0.05) is 0 Å². The van der Waals surface area contributed by atoms with Crippen LogP contribution in [-0.4, -0.2) is 31.9 Å². The third kappa shape index (κ3) is 1.71. The SMILES string of the molecule is O=CNC1CN=CNC1. The Morgan fingerprint density at radius 1 is 1.89 bits per heavy atom. The number of amides is 1. The number of carbonyl (C=O) groups is 1. The quantitative estimate of drug-likeness (QED) is 0.454. The highest BCUT2D eigenvalue weighted by atomic mass is 16.1. The summed E-state index contributed by atoms with van der Waals surface area (Å²) in [4.78, 5) is 13.8. The van der Waals surface area contributed by atoms with Crippen molar-refractivity contribution in [2.24, 2.45) is 4.99 Å². The Morgan fingerprint density at radius 3 is 3.33 bits per heavy atom. The Balaban J connectivity index is 2.26. The maximum Gasteiger partial charge on any atom is 0.207 e. The molecule has 1 atom stereocenters. The summed E-state index contributed by atoms with van der Waals surface area (Å²) in [6.07, 6.45) is 2.36. The Labute approximate surface area is 53.3 Å². The molecular formula is C5H9N3O. The van der Waals surface area contributed by atoms with Crippen molar-refractivity contribution < 1.29 is 4.79 Å². The van der Waals surface area contributed by atoms with E-state index in [1.54, 1.807) is 6.34 Å². The van der Waals surface area contributed by atoms with Gasteiger partial charge in [-0.25, -0.2) is 0 Å². The minimum atomic E-state index is 0.174. The normalized spacial score (nSPS) is 24.7. The molecule has 0 saturated heterocycles. The number of nitrogens with one attached hydrogen (secondary N) is 2. The van der Waals surface area contributed by atoms with Crippen LogP contribution in [0.15, 0.2) is 4.99 Å². The summed E-state index contributed by atoms with van der Waals surface area (Å²) in [6.45, 7) is 1.47. The zero-order valence-corrected chi connectivity index (χ0v) is 5.00. The van der Waals surface area contributed by atoms with E-state index in [0.29, 0.717) is 13.0 Å². The first kappa shape index (κ1) is 6.07. The average molecular weight is 127 g/mol. The van der Waals surface area contributed by atoms with E-state index in [4.69, 9.17) is 0 Å². The Bertz CT molecular complexity index is 123. The molecule has 4 heteroatoms. The third-order valence-electron chi connectivity index (χ3n) is 1.18. The topological polar surface area (TPSA) is 53.5 Å². The van der Waals surface area contributed by atoms with Gasteiger partial charge in [-0.2, -0.15) is 0 Å². The average Bonchev–Trinajstić information content (AvgIpc) is 1.91. The van der Waals surface area contributed by atoms with Gasteiger partial charge in [-0.15, -0.1) is 0 Å². The molecule has 1 aliphatic rings. The molecular weight excluding hydrogens is 118 g/mol. The summed E-state index contributed by atoms with van der Waals surface area (Å²) < 4.78 is 0. The van der Waals surface area contributed by atoms with E-state index in [9.17, 15) is 4.79 Å². The van der Waals surface area contributed by atoms with Gasteiger partial charge >= 0.3 is 0 Å². The van der Waals surface area contributed by atoms with Gasteiger partial charge in [0, 0.05) is 6.54 Å². The van der Waals surface area contributed by atoms with Crippen molar-refractivity contribution in [3.63, 3.8) is 0 Å². The van der Waals surface area contributed by atoms with E-state index in [1.165, 1.54) is 0 Å². The van der Waals surface area contributed by atoms with E-state index >= 15 is 0 Å². The molecule has 0 radical (unpaired) electrons. The highest BCUT2D eigenvalue weighted by Gasteiger charge is 2.06. The summed E-state index contributed by atoms with van der Waals surface area (Å²) in [5.74, 6) is 0. The molecule has 0 aromatic heterocycles. The monoisotopic (exact) mass is 127 g/mol. The largest absolute Gasteiger partial charge is 0.374 e. The first-order chi connectivity index (χ1) is 4.43. The van der Waals surface area contributed by atoms with E-state index in [1.807, 2.05) is 0 Å². The van der Waals surface area contributed by atoms with Crippen LogP contribution in [0.25, 0.3) is 0 Å². The van der Waals surface area contributed by atoms with Gasteiger partial charge in [0.15, 0.2) is 0 Å². The number of hydrogen-bond acceptors (Lipinski definition) is 3. The zero-order chi connectivity index (χ0) is 6.53. The van der Waals surface area contributed by atoms with Crippen LogP contribution in [0.5, 0.6) is 0 Å². The maximum atomic E-state index is 9.88. The van der Waals surface area contributed by atoms with Gasteiger partial charge in [0.2, 0.25) is 6.41 Å². The molecule has 0 fully saturated rings. The first-order valence-electron chi connectivity index (χ1n) is 2.85. The van der Waals surface area contributed by atoms with Crippen LogP contribution in [-0.2, 0) is 4.79 Å². The van der Waals surface area contributed by atoms with E-state index in [0.717, 1.165) is 6.54 Å². The molecule has 0 saturated carbocycles. The second kappa shape index (κ2) is 3.06. The lowest BCUT2D eigenvalue weighted by Gasteiger charge is -2.16. The molecule has 0 aliphatic carbocycles. The number of hydrogen-bond donors (Lipinski definition) is 2. The molecule has 50 valence electrons. The molecule has 9 heavy (non-hydrogen) atoms. The lowest BCUT2D eigenvalue weighted by molar-refractivity contribution is -0.110. The van der Waals surface area contributed by atoms with Crippen molar-refractivity contribution in [1.29, 1.82) is 0 Å². The van der Waals surface area contributed by atoms with Crippen LogP contribution in [0.4, 0.5) is 0 Å². The van der Waals surface area contributed by atoms with Crippen LogP contribution in [0.3, 0.4) is 0 Å². The van der Waals surface area contributed by atoms with Crippen LogP contribution in [0.2, 0.25) is 0 Å². The summed E-state index contributed by atoms with van der Waals surface area (Å²) in [6, 6.07) is 0.174. The van der Waals surface area contributed by atoms with Crippen molar-refractivity contribution in [2.45, 2.75) is 6.04 Å². The van der Waals surface area contributed by atoms with Crippen LogP contribution < -0.4 is 10.6 Å². The summed E-state index contributed by atoms with van der Waals surface area (Å²) in [5, 5.41) is 5.53. The molecule has 0 spiro atoms. The van der Waals surface area contributed by atoms with Crippen molar-refractivity contribution in [3.05, 3.63) is 0 Å². The highest BCUT2D eigenvalue weighted by molar-refractivity contribution is 5.56. The summed E-state index contributed by atoms with van der Waals surface area (Å²) in [7, 11) is 0. The fourth-order valence-electron chi connectivity index (χ4n) is 0.712. The van der Waals surface area contributed by atoms with Gasteiger partial charge in [-0.3, -0.25) is 9.79 Å². The van der Waals surface area contributed by atoms with Crippen molar-refractivity contribution in [2.75, 3.05) is 13.1 Å². The second-order valence-electron chi connectivity index (χ2n) is 1.88. The molecule has 1 heterocycles. The zero-order valence-electron chi connectivity index (χ0n) is 5.00. The molecule has 4 nitrogen and oxygen atoms in total. The van der Waals surface area contributed by atoms with Crippen LogP contribution in [0, 0.1) is 0 Å². The summed E-state index contributed by atoms with van der Waals surface area (Å²) >= 11 is 0. The minimum Gasteiger partial charge on any atom is -0.374 e. The number of aliphatic imine (C=N–C) groups is 1. The van der Waals surface area contributed by atoms with Gasteiger partial charge in [-0.05, 0) is 0 Å². The van der Waals surface area contributed by atoms with E-state index in [-0.39, 0.29) is 6.04 Å². The molecule has 0 aromatic rings. The Morgan fingerprint density at radius 2 is 2.78 bits per heavy atom. The van der Waals surface area contributed by atoms with Gasteiger partial charge < -0.3 is 10.6 Å². The van der Waals surface area contributed by atoms with Crippen molar-refractivity contribution >= 4 is 12.7 Å². The molecule has 1 aliphatic heterocycles. The summed E-state index contributed by atoms with van der Waals surface area (Å²) in [5.41, 5.74) is 0. The molecule has 2 N–H and O–H groups in total. The van der Waals surface area contributed by atoms with Gasteiger partial charge in [0.05, 0.1) is 18.9 Å². The standard InChI is InChI=1S/C5H9N3O/c9-4-8-5-1-6-3-7-2-5/h3-5H,1-2H2,(H,6,7)(H,8,9). The lowest BCUT2D eigenvalue weighted by atomic mass is 10.3. The fraction of sp³-hybridized carbons (Fsp3) is 0.600. The van der Waals surface area contributed by atoms with E-state index < -0.39 is 0 Å². The molecule has 0 aromatic carbocycles. The van der Waals surface area contributed by atoms with Crippen LogP contribution >= 0.6 is 0 Å². The molecule has 0 bridgehead atoms. The number of carbonyl (C=O) groups excluding carboxylic acids is 1. The number of rotatable bonds is 2. The Hall–Kier alpha value is -1.06. The van der Waals surface area contributed by atoms with Crippen molar-refractivity contribution in [1.82, 2.24) is 10.6 Å². The lowest BCUT2D eigenvalue weighted by Crippen LogP contribution is -2.42. The predicted molar refractivity (Wildman–Crippen MR) is 34.3 cm³/mol. The predicted octanol–water partition coefficient (Wildman–Crippen LogP) is -1.27. The highest BCUT2D eigenvalue weighted by Crippen LogP contribution is 1.84. The smallest absolute Gasteiger partial charge is 0.207 e. The maximum absolute atomic E-state index is 9.88.